The van der Waals surface area contributed by atoms with E-state index in [4.69, 9.17) is 16.3 Å². The number of hydrogen-bond donors (Lipinski definition) is 0. The first kappa shape index (κ1) is 4.17. The Morgan fingerprint density at radius 1 is 1.25 bits per heavy atom. The molecule has 0 atom stereocenters. The molecule has 0 radical (unpaired) electrons. The molecule has 0 amide bonds. The van der Waals surface area contributed by atoms with Crippen molar-refractivity contribution in [1.29, 1.82) is 0 Å². The molecule has 0 fully saturated rings. The highest BCUT2D eigenvalue weighted by molar-refractivity contribution is 5.31. The van der Waals surface area contributed by atoms with Crippen molar-refractivity contribution >= 4 is 0 Å². The lowest BCUT2D eigenvalue weighted by Gasteiger charge is -2.04. The molecule has 0 aromatic heterocycles. The Hall–Kier alpha value is -1.18. The molecule has 2 nitrogen and oxygen atoms in total. The molecule has 0 bridgehead atoms. The second kappa shape index (κ2) is 4.65. The minimum Gasteiger partial charge on any atom is -0.494 e. The molecule has 0 aliphatic rings. The summed E-state index contributed by atoms with van der Waals surface area (Å²) in [4.78, 5) is 0. The van der Waals surface area contributed by atoms with Gasteiger partial charge in [0.1, 0.15) is 11.5 Å². The molecule has 0 aliphatic carbocycles. The Morgan fingerprint density at radius 2 is 1.83 bits per heavy atom. The molecule has 0 spiro atoms. The van der Waals surface area contributed by atoms with Gasteiger partial charge in [-0.2, -0.15) is 0 Å². The Kier molecular flexibility index (Phi) is 1.61. The molecule has 0 aliphatic heterocycles. The third kappa shape index (κ3) is 2.46. The van der Waals surface area contributed by atoms with Gasteiger partial charge in [-0.05, 0) is 38.0 Å². The lowest BCUT2D eigenvalue weighted by Crippen LogP contribution is -1.93. The fraction of sp³-hybridized carbons (Fsp3) is 0.400. The minimum absolute atomic E-state index is 0.148. The molecule has 2 heteroatoms. The van der Waals surface area contributed by atoms with Crippen molar-refractivity contribution in [3.8, 4) is 11.5 Å². The number of rotatable bonds is 4. The van der Waals surface area contributed by atoms with E-state index in [0.717, 1.165) is 0 Å². The summed E-state index contributed by atoms with van der Waals surface area (Å²) in [6.45, 7) is -3.17. The van der Waals surface area contributed by atoms with E-state index in [9.17, 15) is 0 Å². The number of benzene rings is 1. The van der Waals surface area contributed by atoms with Crippen molar-refractivity contribution in [3.05, 3.63) is 24.3 Å². The van der Waals surface area contributed by atoms with Crippen molar-refractivity contribution in [1.82, 2.24) is 0 Å². The molecular formula is C10H14O2. The van der Waals surface area contributed by atoms with Crippen LogP contribution in [0.25, 0.3) is 0 Å². The van der Waals surface area contributed by atoms with E-state index in [1.54, 1.807) is 12.1 Å². The van der Waals surface area contributed by atoms with Crippen LogP contribution in [0.2, 0.25) is 0 Å². The molecule has 1 aromatic carbocycles. The molecular weight excluding hydrogens is 152 g/mol. The van der Waals surface area contributed by atoms with Crippen LogP contribution in [-0.4, -0.2) is 13.2 Å². The van der Waals surface area contributed by atoms with Gasteiger partial charge in [-0.3, -0.25) is 0 Å². The van der Waals surface area contributed by atoms with Crippen LogP contribution in [0.1, 0.15) is 20.6 Å². The van der Waals surface area contributed by atoms with Crippen molar-refractivity contribution in [2.24, 2.45) is 0 Å². The van der Waals surface area contributed by atoms with Crippen LogP contribution < -0.4 is 9.47 Å². The second-order valence-corrected chi connectivity index (χ2v) is 2.11. The van der Waals surface area contributed by atoms with Crippen molar-refractivity contribution in [3.63, 3.8) is 0 Å². The van der Waals surface area contributed by atoms with E-state index in [-0.39, 0.29) is 5.75 Å². The monoisotopic (exact) mass is 171 g/mol. The van der Waals surface area contributed by atoms with Gasteiger partial charge < -0.3 is 9.47 Å². The molecule has 12 heavy (non-hydrogen) atoms. The quantitative estimate of drug-likeness (QED) is 0.693. The third-order valence-corrected chi connectivity index (χ3v) is 1.30. The summed E-state index contributed by atoms with van der Waals surface area (Å²) < 4.78 is 45.6. The topological polar surface area (TPSA) is 18.5 Å². The minimum atomic E-state index is -2.83. The number of hydrogen-bond acceptors (Lipinski definition) is 2. The largest absolute Gasteiger partial charge is 0.494 e. The van der Waals surface area contributed by atoms with Crippen LogP contribution in [0.3, 0.4) is 0 Å². The van der Waals surface area contributed by atoms with Crippen LogP contribution in [0.4, 0.5) is 0 Å². The second-order valence-electron chi connectivity index (χ2n) is 2.11. The van der Waals surface area contributed by atoms with Gasteiger partial charge in [-0.25, -0.2) is 0 Å². The fourth-order valence-electron chi connectivity index (χ4n) is 0.830. The Balaban J connectivity index is 2.76. The summed E-state index contributed by atoms with van der Waals surface area (Å²) in [6.07, 6.45) is 0. The molecule has 66 valence electrons. The highest BCUT2D eigenvalue weighted by atomic mass is 16.5. The Morgan fingerprint density at radius 3 is 2.33 bits per heavy atom. The van der Waals surface area contributed by atoms with E-state index in [0.29, 0.717) is 12.4 Å². The standard InChI is InChI=1S/C10H14O2/c1-3-11-9-5-7-10(8-6-9)12-4-2/h5-8H,3-4H2,1-2H3/i1D3,3D2. The molecule has 1 aromatic rings. The first-order chi connectivity index (χ1) is 7.76. The van der Waals surface area contributed by atoms with Crippen molar-refractivity contribution in [2.75, 3.05) is 13.2 Å². The maximum Gasteiger partial charge on any atom is 0.119 e. The lowest BCUT2D eigenvalue weighted by molar-refractivity contribution is 0.330. The first-order valence-corrected chi connectivity index (χ1v) is 3.68. The molecule has 0 N–H and O–H groups in total. The molecule has 0 saturated carbocycles. The third-order valence-electron chi connectivity index (χ3n) is 1.30. The SMILES string of the molecule is [2H]C([2H])([2H])C([2H])([2H])Oc1ccc(OCC)cc1. The summed E-state index contributed by atoms with van der Waals surface area (Å²) >= 11 is 0. The van der Waals surface area contributed by atoms with E-state index in [1.165, 1.54) is 12.1 Å². The lowest BCUT2D eigenvalue weighted by atomic mass is 10.3. The molecule has 1 rings (SSSR count). The predicted molar refractivity (Wildman–Crippen MR) is 48.8 cm³/mol. The normalized spacial score (nSPS) is 17.9. The van der Waals surface area contributed by atoms with Gasteiger partial charge in [0, 0.05) is 4.11 Å². The maximum absolute atomic E-state index is 7.30. The zero-order valence-electron chi connectivity index (χ0n) is 11.8. The summed E-state index contributed by atoms with van der Waals surface area (Å²) in [7, 11) is 0. The van der Waals surface area contributed by atoms with E-state index in [1.807, 2.05) is 6.92 Å². The Labute approximate surface area is 80.1 Å². The van der Waals surface area contributed by atoms with Gasteiger partial charge in [-0.1, -0.05) is 0 Å². The average molecular weight is 171 g/mol. The van der Waals surface area contributed by atoms with Gasteiger partial charge in [0.25, 0.3) is 0 Å². The summed E-state index contributed by atoms with van der Waals surface area (Å²) in [5.41, 5.74) is 0. The Bertz CT molecular complexity index is 358. The average Bonchev–Trinajstić information content (AvgIpc) is 2.19. The van der Waals surface area contributed by atoms with Crippen molar-refractivity contribution < 1.29 is 16.3 Å². The van der Waals surface area contributed by atoms with Crippen LogP contribution >= 0.6 is 0 Å². The molecule has 0 heterocycles. The zero-order valence-corrected chi connectivity index (χ0v) is 6.83. The van der Waals surface area contributed by atoms with Crippen LogP contribution in [0.5, 0.6) is 11.5 Å². The van der Waals surface area contributed by atoms with Crippen LogP contribution in [0, 0.1) is 0 Å². The van der Waals surface area contributed by atoms with E-state index < -0.39 is 13.4 Å². The highest BCUT2D eigenvalue weighted by Crippen LogP contribution is 2.17. The predicted octanol–water partition coefficient (Wildman–Crippen LogP) is 2.48. The van der Waals surface area contributed by atoms with E-state index in [2.05, 4.69) is 0 Å². The van der Waals surface area contributed by atoms with Gasteiger partial charge in [0.15, 0.2) is 0 Å². The van der Waals surface area contributed by atoms with Gasteiger partial charge >= 0.3 is 0 Å². The molecule has 0 unspecified atom stereocenters. The van der Waals surface area contributed by atoms with Crippen molar-refractivity contribution in [2.45, 2.75) is 13.8 Å². The summed E-state index contributed by atoms with van der Waals surface area (Å²) in [6, 6.07) is 6.12. The maximum atomic E-state index is 7.30. The smallest absolute Gasteiger partial charge is 0.119 e. The zero-order chi connectivity index (χ0) is 13.1. The van der Waals surface area contributed by atoms with Gasteiger partial charge in [0.2, 0.25) is 0 Å². The van der Waals surface area contributed by atoms with Gasteiger partial charge in [-0.15, -0.1) is 0 Å². The highest BCUT2D eigenvalue weighted by Gasteiger charge is 1.92. The van der Waals surface area contributed by atoms with Gasteiger partial charge in [0.05, 0.1) is 15.9 Å². The summed E-state index contributed by atoms with van der Waals surface area (Å²) in [5.74, 6) is 0.767. The van der Waals surface area contributed by atoms with Crippen LogP contribution in [0.15, 0.2) is 24.3 Å². The van der Waals surface area contributed by atoms with E-state index >= 15 is 0 Å². The first-order valence-electron chi connectivity index (χ1n) is 6.18. The van der Waals surface area contributed by atoms with Crippen LogP contribution in [-0.2, 0) is 0 Å². The molecule has 0 saturated heterocycles. The number of ether oxygens (including phenoxy) is 2. The summed E-state index contributed by atoms with van der Waals surface area (Å²) in [5, 5.41) is 0. The fourth-order valence-corrected chi connectivity index (χ4v) is 0.830.